The van der Waals surface area contributed by atoms with Crippen LogP contribution in [-0.2, 0) is 22.8 Å². The molecule has 0 spiro atoms. The predicted octanol–water partition coefficient (Wildman–Crippen LogP) is 0.650. The minimum Gasteiger partial charge on any atom is -0.505 e. The van der Waals surface area contributed by atoms with Crippen molar-refractivity contribution >= 4 is 24.2 Å². The molecule has 0 aliphatic carbocycles. The Balaban J connectivity index is 1.74. The maximum Gasteiger partial charge on any atom is 0.240 e. The molecule has 0 radical (unpaired) electrons. The van der Waals surface area contributed by atoms with Crippen LogP contribution in [0.15, 0.2) is 22.6 Å². The van der Waals surface area contributed by atoms with Crippen LogP contribution in [0.2, 0.25) is 0 Å². The van der Waals surface area contributed by atoms with Crippen LogP contribution < -0.4 is 10.9 Å². The van der Waals surface area contributed by atoms with Crippen LogP contribution in [0.25, 0.3) is 0 Å². The summed E-state index contributed by atoms with van der Waals surface area (Å²) in [5, 5.41) is 46.3. The van der Waals surface area contributed by atoms with Gasteiger partial charge in [-0.3, -0.25) is 19.6 Å². The van der Waals surface area contributed by atoms with E-state index in [1.807, 2.05) is 0 Å². The van der Waals surface area contributed by atoms with Gasteiger partial charge < -0.3 is 20.4 Å². The van der Waals surface area contributed by atoms with Gasteiger partial charge in [0.25, 0.3) is 0 Å². The minimum atomic E-state index is -0.370. The molecule has 0 aliphatic rings. The number of aromatic hydroxyl groups is 2. The molecular weight excluding hydrogens is 444 g/mol. The molecule has 0 aliphatic heterocycles. The summed E-state index contributed by atoms with van der Waals surface area (Å²) in [6.45, 7) is 2.52. The monoisotopic (exact) mass is 472 g/mol. The molecule has 2 aromatic rings. The van der Waals surface area contributed by atoms with E-state index in [4.69, 9.17) is 0 Å². The van der Waals surface area contributed by atoms with Gasteiger partial charge in [-0.05, 0) is 26.7 Å². The Hall–Kier alpha value is -3.90. The second-order valence-electron chi connectivity index (χ2n) is 7.37. The Morgan fingerprint density at radius 3 is 1.56 bits per heavy atom. The zero-order valence-electron chi connectivity index (χ0n) is 18.9. The number of aliphatic hydroxyl groups excluding tert-OH is 2. The molecule has 2 rings (SSSR count). The number of nitrogens with zero attached hydrogens (tertiary/aromatic N) is 4. The number of aliphatic hydroxyl groups is 2. The highest BCUT2D eigenvalue weighted by Gasteiger charge is 2.11. The van der Waals surface area contributed by atoms with E-state index in [2.05, 4.69) is 31.0 Å². The first-order chi connectivity index (χ1) is 16.3. The molecule has 2 aromatic heterocycles. The van der Waals surface area contributed by atoms with Crippen LogP contribution >= 0.6 is 0 Å². The third-order valence-corrected chi connectivity index (χ3v) is 4.88. The zero-order chi connectivity index (χ0) is 25.1. The quantitative estimate of drug-likeness (QED) is 0.156. The zero-order valence-corrected chi connectivity index (χ0v) is 18.9. The number of carbonyl (C=O) groups excluding carboxylic acids is 2. The largest absolute Gasteiger partial charge is 0.505 e. The summed E-state index contributed by atoms with van der Waals surface area (Å²) < 4.78 is 0. The van der Waals surface area contributed by atoms with Gasteiger partial charge in [0.15, 0.2) is 0 Å². The van der Waals surface area contributed by atoms with E-state index in [1.165, 1.54) is 24.8 Å². The Labute approximate surface area is 196 Å². The molecule has 0 aromatic carbocycles. The minimum absolute atomic E-state index is 0.125. The molecule has 2 amide bonds. The van der Waals surface area contributed by atoms with Gasteiger partial charge >= 0.3 is 0 Å². The van der Waals surface area contributed by atoms with Crippen molar-refractivity contribution in [2.24, 2.45) is 10.2 Å². The van der Waals surface area contributed by atoms with Crippen molar-refractivity contribution in [2.45, 2.75) is 52.7 Å². The summed E-state index contributed by atoms with van der Waals surface area (Å²) in [7, 11) is 0. The number of aryl methyl sites for hydroxylation is 2. The Bertz CT molecular complexity index is 1000. The number of nitrogens with one attached hydrogen (secondary N) is 2. The number of hydrogen-bond donors (Lipinski definition) is 6. The number of unbranched alkanes of at least 4 members (excludes halogenated alkanes) is 1. The average Bonchev–Trinajstić information content (AvgIpc) is 2.82. The molecule has 2 heterocycles. The van der Waals surface area contributed by atoms with Crippen molar-refractivity contribution in [2.75, 3.05) is 0 Å². The third kappa shape index (κ3) is 7.32. The Morgan fingerprint density at radius 2 is 1.21 bits per heavy atom. The summed E-state index contributed by atoms with van der Waals surface area (Å²) in [5.74, 6) is -0.990. The number of hydrazone groups is 2. The predicted molar refractivity (Wildman–Crippen MR) is 123 cm³/mol. The Kier molecular flexibility index (Phi) is 10.0. The SMILES string of the molecule is Cc1ncc(CO)c(/C=N/NC(=O)CCCCC(=O)N/N=C/c2c(CO)cnc(C)c2O)c1O. The Morgan fingerprint density at radius 1 is 0.824 bits per heavy atom. The first-order valence-electron chi connectivity index (χ1n) is 10.5. The van der Waals surface area contributed by atoms with Crippen molar-refractivity contribution in [3.8, 4) is 11.5 Å². The number of carbonyl (C=O) groups is 2. The normalized spacial score (nSPS) is 11.3. The lowest BCUT2D eigenvalue weighted by Crippen LogP contribution is -2.19. The number of rotatable bonds is 11. The van der Waals surface area contributed by atoms with Crippen LogP contribution in [0.3, 0.4) is 0 Å². The van der Waals surface area contributed by atoms with Gasteiger partial charge in [-0.25, -0.2) is 10.9 Å². The fraction of sp³-hybridized carbons (Fsp3) is 0.364. The highest BCUT2D eigenvalue weighted by molar-refractivity contribution is 5.88. The van der Waals surface area contributed by atoms with Crippen molar-refractivity contribution in [1.82, 2.24) is 20.8 Å². The van der Waals surface area contributed by atoms with Crippen molar-refractivity contribution in [3.63, 3.8) is 0 Å². The van der Waals surface area contributed by atoms with Crippen LogP contribution in [0, 0.1) is 13.8 Å². The smallest absolute Gasteiger partial charge is 0.240 e. The van der Waals surface area contributed by atoms with E-state index in [9.17, 15) is 30.0 Å². The van der Waals surface area contributed by atoms with Crippen LogP contribution in [-0.4, -0.2) is 54.6 Å². The van der Waals surface area contributed by atoms with Crippen molar-refractivity contribution in [1.29, 1.82) is 0 Å². The molecule has 0 unspecified atom stereocenters. The van der Waals surface area contributed by atoms with E-state index in [1.54, 1.807) is 13.8 Å². The first-order valence-corrected chi connectivity index (χ1v) is 10.5. The van der Waals surface area contributed by atoms with E-state index in [-0.39, 0.29) is 60.5 Å². The average molecular weight is 473 g/mol. The molecule has 0 bridgehead atoms. The fourth-order valence-corrected chi connectivity index (χ4v) is 2.87. The van der Waals surface area contributed by atoms with Gasteiger partial charge in [-0.15, -0.1) is 0 Å². The second kappa shape index (κ2) is 13.0. The number of pyridine rings is 2. The van der Waals surface area contributed by atoms with Gasteiger partial charge in [-0.2, -0.15) is 10.2 Å². The lowest BCUT2D eigenvalue weighted by molar-refractivity contribution is -0.123. The fourth-order valence-electron chi connectivity index (χ4n) is 2.87. The summed E-state index contributed by atoms with van der Waals surface area (Å²) in [4.78, 5) is 31.7. The molecule has 0 saturated carbocycles. The lowest BCUT2D eigenvalue weighted by atomic mass is 10.1. The number of amides is 2. The topological polar surface area (TPSA) is 190 Å². The van der Waals surface area contributed by atoms with Crippen molar-refractivity contribution < 1.29 is 30.0 Å². The molecule has 0 atom stereocenters. The van der Waals surface area contributed by atoms with Gasteiger partial charge in [0.1, 0.15) is 11.5 Å². The van der Waals surface area contributed by atoms with Crippen LogP contribution in [0.5, 0.6) is 11.5 Å². The van der Waals surface area contributed by atoms with E-state index >= 15 is 0 Å². The van der Waals surface area contributed by atoms with E-state index in [0.717, 1.165) is 0 Å². The molecule has 0 saturated heterocycles. The maximum absolute atomic E-state index is 11.9. The van der Waals surface area contributed by atoms with Gasteiger partial charge in [0.05, 0.1) is 37.0 Å². The first kappa shape index (κ1) is 26.4. The summed E-state index contributed by atoms with van der Waals surface area (Å²) in [6.07, 6.45) is 6.43. The number of hydrogen-bond acceptors (Lipinski definition) is 10. The maximum atomic E-state index is 11.9. The summed E-state index contributed by atoms with van der Waals surface area (Å²) in [5.41, 5.74) is 6.70. The summed E-state index contributed by atoms with van der Waals surface area (Å²) >= 11 is 0. The van der Waals surface area contributed by atoms with Crippen molar-refractivity contribution in [3.05, 3.63) is 46.0 Å². The molecule has 0 fully saturated rings. The van der Waals surface area contributed by atoms with E-state index in [0.29, 0.717) is 35.4 Å². The second-order valence-corrected chi connectivity index (χ2v) is 7.37. The summed E-state index contributed by atoms with van der Waals surface area (Å²) in [6, 6.07) is 0. The molecule has 182 valence electrons. The van der Waals surface area contributed by atoms with E-state index < -0.39 is 0 Å². The molecular formula is C22H28N6O6. The van der Waals surface area contributed by atoms with Gasteiger partial charge in [0, 0.05) is 47.5 Å². The highest BCUT2D eigenvalue weighted by atomic mass is 16.3. The molecule has 34 heavy (non-hydrogen) atoms. The highest BCUT2D eigenvalue weighted by Crippen LogP contribution is 2.22. The third-order valence-electron chi connectivity index (χ3n) is 4.88. The molecule has 12 nitrogen and oxygen atoms in total. The van der Waals surface area contributed by atoms with Crippen LogP contribution in [0.4, 0.5) is 0 Å². The molecule has 12 heteroatoms. The van der Waals surface area contributed by atoms with Gasteiger partial charge in [-0.1, -0.05) is 0 Å². The lowest BCUT2D eigenvalue weighted by Gasteiger charge is -2.07. The molecule has 6 N–H and O–H groups in total. The number of aromatic nitrogens is 2. The standard InChI is InChI=1S/C22H28N6O6/c1-13-21(33)17(15(11-29)7-23-13)9-25-27-19(31)5-3-4-6-20(32)28-26-10-18-16(12-30)8-24-14(2)22(18)34/h7-10,29-30,33-34H,3-6,11-12H2,1-2H3,(H,27,31)(H,28,32)/b25-9+,26-10+. The van der Waals surface area contributed by atoms with Crippen LogP contribution in [0.1, 0.15) is 59.3 Å². The van der Waals surface area contributed by atoms with Gasteiger partial charge in [0.2, 0.25) is 11.8 Å².